The van der Waals surface area contributed by atoms with Crippen LogP contribution in [-0.4, -0.2) is 11.8 Å². The SMILES string of the molecule is Clc1ccc(Cc2cc3cc4c(cc3[nH]2)OCO4)cc1. The van der Waals surface area contributed by atoms with Crippen molar-refractivity contribution in [3.63, 3.8) is 0 Å². The lowest BCUT2D eigenvalue weighted by Crippen LogP contribution is -1.92. The van der Waals surface area contributed by atoms with Crippen LogP contribution in [0.1, 0.15) is 11.3 Å². The standard InChI is InChI=1S/C16H12ClNO2/c17-12-3-1-10(2-4-12)5-13-6-11-7-15-16(20-9-19-15)8-14(11)18-13/h1-4,6-8,18H,5,9H2. The van der Waals surface area contributed by atoms with Crippen LogP contribution in [0, 0.1) is 0 Å². The number of rotatable bonds is 2. The molecule has 0 spiro atoms. The average Bonchev–Trinajstić information content (AvgIpc) is 3.03. The summed E-state index contributed by atoms with van der Waals surface area (Å²) in [4.78, 5) is 3.42. The summed E-state index contributed by atoms with van der Waals surface area (Å²) < 4.78 is 10.8. The molecule has 0 saturated heterocycles. The summed E-state index contributed by atoms with van der Waals surface area (Å²) in [6, 6.07) is 14.1. The number of halogens is 1. The van der Waals surface area contributed by atoms with E-state index in [0.717, 1.165) is 39.5 Å². The molecule has 3 aromatic rings. The summed E-state index contributed by atoms with van der Waals surface area (Å²) in [5.74, 6) is 1.62. The highest BCUT2D eigenvalue weighted by molar-refractivity contribution is 6.30. The molecule has 3 nitrogen and oxygen atoms in total. The number of H-pyrrole nitrogens is 1. The zero-order valence-corrected chi connectivity index (χ0v) is 11.4. The van der Waals surface area contributed by atoms with Crippen LogP contribution in [0.5, 0.6) is 11.5 Å². The lowest BCUT2D eigenvalue weighted by atomic mass is 10.1. The van der Waals surface area contributed by atoms with Gasteiger partial charge < -0.3 is 14.5 Å². The number of nitrogens with one attached hydrogen (secondary N) is 1. The van der Waals surface area contributed by atoms with Gasteiger partial charge in [0.05, 0.1) is 0 Å². The Morgan fingerprint density at radius 3 is 2.55 bits per heavy atom. The van der Waals surface area contributed by atoms with E-state index in [0.29, 0.717) is 6.79 Å². The fraction of sp³-hybridized carbons (Fsp3) is 0.125. The highest BCUT2D eigenvalue weighted by atomic mass is 35.5. The molecule has 20 heavy (non-hydrogen) atoms. The van der Waals surface area contributed by atoms with Crippen LogP contribution >= 0.6 is 11.6 Å². The quantitative estimate of drug-likeness (QED) is 0.768. The first kappa shape index (κ1) is 11.7. The molecule has 2 aromatic carbocycles. The first-order valence-corrected chi connectivity index (χ1v) is 6.81. The Balaban J connectivity index is 1.69. The molecule has 1 aliphatic rings. The van der Waals surface area contributed by atoms with Gasteiger partial charge in [-0.2, -0.15) is 0 Å². The lowest BCUT2D eigenvalue weighted by molar-refractivity contribution is 0.174. The Labute approximate surface area is 121 Å². The molecule has 0 aliphatic carbocycles. The fourth-order valence-corrected chi connectivity index (χ4v) is 2.63. The van der Waals surface area contributed by atoms with Crippen molar-refractivity contribution in [3.05, 3.63) is 58.7 Å². The van der Waals surface area contributed by atoms with Gasteiger partial charge in [0.1, 0.15) is 0 Å². The summed E-state index contributed by atoms with van der Waals surface area (Å²) in [6.07, 6.45) is 0.845. The first-order chi connectivity index (χ1) is 9.78. The van der Waals surface area contributed by atoms with Crippen LogP contribution < -0.4 is 9.47 Å². The molecule has 0 amide bonds. The summed E-state index contributed by atoms with van der Waals surface area (Å²) in [5.41, 5.74) is 3.45. The van der Waals surface area contributed by atoms with E-state index in [1.165, 1.54) is 5.56 Å². The zero-order chi connectivity index (χ0) is 13.5. The van der Waals surface area contributed by atoms with Gasteiger partial charge in [0.25, 0.3) is 0 Å². The van der Waals surface area contributed by atoms with E-state index < -0.39 is 0 Å². The Hall–Kier alpha value is -2.13. The smallest absolute Gasteiger partial charge is 0.231 e. The van der Waals surface area contributed by atoms with Crippen LogP contribution in [0.4, 0.5) is 0 Å². The van der Waals surface area contributed by atoms with Crippen molar-refractivity contribution in [1.29, 1.82) is 0 Å². The molecule has 0 saturated carbocycles. The highest BCUT2D eigenvalue weighted by Gasteiger charge is 2.15. The van der Waals surface area contributed by atoms with Crippen molar-refractivity contribution >= 4 is 22.5 Å². The van der Waals surface area contributed by atoms with Gasteiger partial charge in [0, 0.05) is 34.1 Å². The normalized spacial score (nSPS) is 13.1. The number of benzene rings is 2. The number of hydrogen-bond acceptors (Lipinski definition) is 2. The van der Waals surface area contributed by atoms with E-state index >= 15 is 0 Å². The molecular formula is C16H12ClNO2. The van der Waals surface area contributed by atoms with Crippen molar-refractivity contribution < 1.29 is 9.47 Å². The molecule has 1 N–H and O–H groups in total. The van der Waals surface area contributed by atoms with E-state index in [9.17, 15) is 0 Å². The third-order valence-corrected chi connectivity index (χ3v) is 3.73. The van der Waals surface area contributed by atoms with Crippen molar-refractivity contribution in [2.24, 2.45) is 0 Å². The minimum Gasteiger partial charge on any atom is -0.454 e. The fourth-order valence-electron chi connectivity index (χ4n) is 2.50. The van der Waals surface area contributed by atoms with E-state index in [-0.39, 0.29) is 0 Å². The van der Waals surface area contributed by atoms with Crippen LogP contribution in [0.15, 0.2) is 42.5 Å². The predicted octanol–water partition coefficient (Wildman–Crippen LogP) is 4.14. The number of ether oxygens (including phenoxy) is 2. The molecule has 0 radical (unpaired) electrons. The molecular weight excluding hydrogens is 274 g/mol. The molecule has 4 rings (SSSR count). The second kappa shape index (κ2) is 4.46. The minimum atomic E-state index is 0.305. The summed E-state index contributed by atoms with van der Waals surface area (Å²) in [7, 11) is 0. The second-order valence-corrected chi connectivity index (χ2v) is 5.33. The van der Waals surface area contributed by atoms with Crippen LogP contribution in [0.3, 0.4) is 0 Å². The summed E-state index contributed by atoms with van der Waals surface area (Å²) in [6.45, 7) is 0.305. The molecule has 100 valence electrons. The van der Waals surface area contributed by atoms with Crippen molar-refractivity contribution in [2.45, 2.75) is 6.42 Å². The van der Waals surface area contributed by atoms with Gasteiger partial charge in [0.2, 0.25) is 6.79 Å². The topological polar surface area (TPSA) is 34.2 Å². The molecule has 0 fully saturated rings. The summed E-state index contributed by atoms with van der Waals surface area (Å²) >= 11 is 5.90. The second-order valence-electron chi connectivity index (χ2n) is 4.89. The van der Waals surface area contributed by atoms with Crippen LogP contribution in [-0.2, 0) is 6.42 Å². The highest BCUT2D eigenvalue weighted by Crippen LogP contribution is 2.36. The van der Waals surface area contributed by atoms with Gasteiger partial charge in [-0.25, -0.2) is 0 Å². The number of aromatic amines is 1. The molecule has 2 heterocycles. The Kier molecular flexibility index (Phi) is 2.60. The Morgan fingerprint density at radius 1 is 1.00 bits per heavy atom. The molecule has 0 bridgehead atoms. The third kappa shape index (κ3) is 2.00. The van der Waals surface area contributed by atoms with Gasteiger partial charge in [-0.3, -0.25) is 0 Å². The average molecular weight is 286 g/mol. The molecule has 1 aromatic heterocycles. The maximum atomic E-state index is 5.90. The molecule has 0 atom stereocenters. The van der Waals surface area contributed by atoms with E-state index in [2.05, 4.69) is 11.1 Å². The van der Waals surface area contributed by atoms with Gasteiger partial charge in [-0.15, -0.1) is 0 Å². The Morgan fingerprint density at radius 2 is 1.75 bits per heavy atom. The van der Waals surface area contributed by atoms with Gasteiger partial charge in [-0.1, -0.05) is 23.7 Å². The van der Waals surface area contributed by atoms with E-state index in [1.54, 1.807) is 0 Å². The van der Waals surface area contributed by atoms with Gasteiger partial charge in [-0.05, 0) is 29.8 Å². The molecule has 4 heteroatoms. The first-order valence-electron chi connectivity index (χ1n) is 6.44. The van der Waals surface area contributed by atoms with Crippen molar-refractivity contribution in [3.8, 4) is 11.5 Å². The van der Waals surface area contributed by atoms with Crippen LogP contribution in [0.2, 0.25) is 5.02 Å². The summed E-state index contributed by atoms with van der Waals surface area (Å²) in [5, 5.41) is 1.90. The zero-order valence-electron chi connectivity index (χ0n) is 10.7. The maximum Gasteiger partial charge on any atom is 0.231 e. The lowest BCUT2D eigenvalue weighted by Gasteiger charge is -1.99. The van der Waals surface area contributed by atoms with Crippen LogP contribution in [0.25, 0.3) is 10.9 Å². The predicted molar refractivity (Wildman–Crippen MR) is 78.7 cm³/mol. The van der Waals surface area contributed by atoms with E-state index in [1.807, 2.05) is 36.4 Å². The number of hydrogen-bond donors (Lipinski definition) is 1. The largest absolute Gasteiger partial charge is 0.454 e. The third-order valence-electron chi connectivity index (χ3n) is 3.48. The minimum absolute atomic E-state index is 0.305. The maximum absolute atomic E-state index is 5.90. The number of fused-ring (bicyclic) bond motifs is 2. The molecule has 0 unspecified atom stereocenters. The van der Waals surface area contributed by atoms with Gasteiger partial charge in [0.15, 0.2) is 11.5 Å². The van der Waals surface area contributed by atoms with Gasteiger partial charge >= 0.3 is 0 Å². The van der Waals surface area contributed by atoms with Crippen molar-refractivity contribution in [2.75, 3.05) is 6.79 Å². The number of aromatic nitrogens is 1. The monoisotopic (exact) mass is 285 g/mol. The van der Waals surface area contributed by atoms with E-state index in [4.69, 9.17) is 21.1 Å². The Bertz CT molecular complexity index is 736. The molecule has 1 aliphatic heterocycles. The van der Waals surface area contributed by atoms with Crippen molar-refractivity contribution in [1.82, 2.24) is 4.98 Å².